The smallest absolute Gasteiger partial charge is 0.162 e. The van der Waals surface area contributed by atoms with Crippen LogP contribution in [0.3, 0.4) is 0 Å². The molecule has 0 aliphatic heterocycles. The van der Waals surface area contributed by atoms with E-state index in [0.717, 1.165) is 24.2 Å². The highest BCUT2D eigenvalue weighted by molar-refractivity contribution is 5.95. The van der Waals surface area contributed by atoms with Crippen molar-refractivity contribution in [2.24, 2.45) is 0 Å². The summed E-state index contributed by atoms with van der Waals surface area (Å²) in [6.07, 6.45) is 1.44. The Balaban J connectivity index is 1.72. The van der Waals surface area contributed by atoms with E-state index in [1.54, 1.807) is 0 Å². The molecule has 0 aromatic heterocycles. The SMILES string of the molecule is O=C(CCCNc1ccccc1)c1ccccc1. The number of hydrogen-bond acceptors (Lipinski definition) is 2. The van der Waals surface area contributed by atoms with Crippen LogP contribution < -0.4 is 5.32 Å². The third-order valence-corrected chi connectivity index (χ3v) is 2.78. The third kappa shape index (κ3) is 3.74. The number of anilines is 1. The van der Waals surface area contributed by atoms with Gasteiger partial charge >= 0.3 is 0 Å². The maximum atomic E-state index is 11.8. The summed E-state index contributed by atoms with van der Waals surface area (Å²) in [5.41, 5.74) is 1.90. The predicted octanol–water partition coefficient (Wildman–Crippen LogP) is 3.76. The largest absolute Gasteiger partial charge is 0.385 e. The Labute approximate surface area is 108 Å². The number of nitrogens with one attached hydrogen (secondary N) is 1. The second-order valence-corrected chi connectivity index (χ2v) is 4.19. The molecule has 0 radical (unpaired) electrons. The molecule has 0 amide bonds. The fraction of sp³-hybridized carbons (Fsp3) is 0.188. The molecule has 2 nitrogen and oxygen atoms in total. The Morgan fingerprint density at radius 2 is 1.50 bits per heavy atom. The van der Waals surface area contributed by atoms with Crippen LogP contribution in [0.2, 0.25) is 0 Å². The highest BCUT2D eigenvalue weighted by Gasteiger charge is 2.03. The van der Waals surface area contributed by atoms with Crippen molar-refractivity contribution in [2.45, 2.75) is 12.8 Å². The van der Waals surface area contributed by atoms with Crippen LogP contribution in [0, 0.1) is 0 Å². The summed E-state index contributed by atoms with van der Waals surface area (Å²) >= 11 is 0. The number of rotatable bonds is 6. The molecule has 0 aliphatic carbocycles. The number of hydrogen-bond donors (Lipinski definition) is 1. The third-order valence-electron chi connectivity index (χ3n) is 2.78. The fourth-order valence-electron chi connectivity index (χ4n) is 1.81. The van der Waals surface area contributed by atoms with E-state index in [1.165, 1.54) is 0 Å². The van der Waals surface area contributed by atoms with Crippen LogP contribution in [0.25, 0.3) is 0 Å². The lowest BCUT2D eigenvalue weighted by atomic mass is 10.1. The van der Waals surface area contributed by atoms with Gasteiger partial charge in [-0.05, 0) is 18.6 Å². The average Bonchev–Trinajstić information content (AvgIpc) is 2.45. The summed E-state index contributed by atoms with van der Waals surface area (Å²) in [6.45, 7) is 0.822. The molecule has 0 unspecified atom stereocenters. The minimum atomic E-state index is 0.213. The molecule has 1 N–H and O–H groups in total. The standard InChI is InChI=1S/C16H17NO/c18-16(14-8-3-1-4-9-14)12-7-13-17-15-10-5-2-6-11-15/h1-6,8-11,17H,7,12-13H2. The van der Waals surface area contributed by atoms with E-state index in [2.05, 4.69) is 5.32 Å². The van der Waals surface area contributed by atoms with Gasteiger partial charge in [0, 0.05) is 24.2 Å². The van der Waals surface area contributed by atoms with Gasteiger partial charge in [-0.25, -0.2) is 0 Å². The van der Waals surface area contributed by atoms with Crippen molar-refractivity contribution < 1.29 is 4.79 Å². The van der Waals surface area contributed by atoms with Crippen LogP contribution >= 0.6 is 0 Å². The molecule has 2 rings (SSSR count). The minimum absolute atomic E-state index is 0.213. The maximum absolute atomic E-state index is 11.8. The number of carbonyl (C=O) groups is 1. The summed E-state index contributed by atoms with van der Waals surface area (Å²) in [5.74, 6) is 0.213. The van der Waals surface area contributed by atoms with E-state index < -0.39 is 0 Å². The second-order valence-electron chi connectivity index (χ2n) is 4.19. The first kappa shape index (κ1) is 12.4. The van der Waals surface area contributed by atoms with Gasteiger partial charge in [-0.15, -0.1) is 0 Å². The van der Waals surface area contributed by atoms with Crippen molar-refractivity contribution >= 4 is 11.5 Å². The molecule has 0 atom stereocenters. The van der Waals surface area contributed by atoms with Crippen molar-refractivity contribution in [3.8, 4) is 0 Å². The highest BCUT2D eigenvalue weighted by atomic mass is 16.1. The van der Waals surface area contributed by atoms with Crippen LogP contribution in [0.4, 0.5) is 5.69 Å². The van der Waals surface area contributed by atoms with E-state index in [1.807, 2.05) is 60.7 Å². The number of ketones is 1. The lowest BCUT2D eigenvalue weighted by Gasteiger charge is -2.05. The predicted molar refractivity (Wildman–Crippen MR) is 74.9 cm³/mol. The molecule has 2 heteroatoms. The Bertz CT molecular complexity index is 479. The monoisotopic (exact) mass is 239 g/mol. The van der Waals surface area contributed by atoms with Crippen LogP contribution in [-0.2, 0) is 0 Å². The van der Waals surface area contributed by atoms with E-state index >= 15 is 0 Å². The van der Waals surface area contributed by atoms with Gasteiger partial charge in [-0.3, -0.25) is 4.79 Å². The van der Waals surface area contributed by atoms with Crippen molar-refractivity contribution in [2.75, 3.05) is 11.9 Å². The van der Waals surface area contributed by atoms with Crippen LogP contribution in [-0.4, -0.2) is 12.3 Å². The summed E-state index contributed by atoms with van der Waals surface area (Å²) in [7, 11) is 0. The van der Waals surface area contributed by atoms with Gasteiger partial charge in [0.1, 0.15) is 0 Å². The van der Waals surface area contributed by atoms with Gasteiger partial charge in [0.2, 0.25) is 0 Å². The molecule has 0 spiro atoms. The van der Waals surface area contributed by atoms with E-state index in [0.29, 0.717) is 6.42 Å². The number of para-hydroxylation sites is 1. The Morgan fingerprint density at radius 1 is 0.889 bits per heavy atom. The van der Waals surface area contributed by atoms with Gasteiger partial charge in [0.15, 0.2) is 5.78 Å². The number of Topliss-reactive ketones (excluding diaryl/α,β-unsaturated/α-hetero) is 1. The molecule has 0 saturated heterocycles. The molecular formula is C16H17NO. The molecule has 0 heterocycles. The molecule has 92 valence electrons. The molecule has 0 bridgehead atoms. The summed E-state index contributed by atoms with van der Waals surface area (Å²) in [6, 6.07) is 19.5. The Morgan fingerprint density at radius 3 is 2.17 bits per heavy atom. The van der Waals surface area contributed by atoms with Crippen molar-refractivity contribution in [3.05, 3.63) is 66.2 Å². The molecule has 0 aliphatic rings. The fourth-order valence-corrected chi connectivity index (χ4v) is 1.81. The zero-order valence-electron chi connectivity index (χ0n) is 10.3. The molecule has 2 aromatic rings. The topological polar surface area (TPSA) is 29.1 Å². The van der Waals surface area contributed by atoms with Crippen molar-refractivity contribution in [3.63, 3.8) is 0 Å². The molecule has 0 saturated carbocycles. The van der Waals surface area contributed by atoms with Crippen LogP contribution in [0.5, 0.6) is 0 Å². The van der Waals surface area contributed by atoms with Crippen LogP contribution in [0.15, 0.2) is 60.7 Å². The van der Waals surface area contributed by atoms with Gasteiger partial charge in [0.05, 0.1) is 0 Å². The highest BCUT2D eigenvalue weighted by Crippen LogP contribution is 2.07. The van der Waals surface area contributed by atoms with E-state index in [9.17, 15) is 4.79 Å². The number of carbonyl (C=O) groups excluding carboxylic acids is 1. The molecule has 0 fully saturated rings. The Hall–Kier alpha value is -2.09. The van der Waals surface area contributed by atoms with E-state index in [4.69, 9.17) is 0 Å². The maximum Gasteiger partial charge on any atom is 0.162 e. The number of benzene rings is 2. The lowest BCUT2D eigenvalue weighted by molar-refractivity contribution is 0.0981. The van der Waals surface area contributed by atoms with Crippen molar-refractivity contribution in [1.82, 2.24) is 0 Å². The first-order chi connectivity index (χ1) is 8.86. The zero-order valence-corrected chi connectivity index (χ0v) is 10.3. The first-order valence-corrected chi connectivity index (χ1v) is 6.23. The van der Waals surface area contributed by atoms with E-state index in [-0.39, 0.29) is 5.78 Å². The summed E-state index contributed by atoms with van der Waals surface area (Å²) in [4.78, 5) is 11.8. The van der Waals surface area contributed by atoms with Gasteiger partial charge in [0.25, 0.3) is 0 Å². The first-order valence-electron chi connectivity index (χ1n) is 6.23. The quantitative estimate of drug-likeness (QED) is 0.614. The van der Waals surface area contributed by atoms with Crippen LogP contribution in [0.1, 0.15) is 23.2 Å². The second kappa shape index (κ2) is 6.60. The zero-order chi connectivity index (χ0) is 12.6. The normalized spacial score (nSPS) is 10.0. The summed E-state index contributed by atoms with van der Waals surface area (Å²) < 4.78 is 0. The molecule has 18 heavy (non-hydrogen) atoms. The lowest BCUT2D eigenvalue weighted by Crippen LogP contribution is -2.05. The van der Waals surface area contributed by atoms with Gasteiger partial charge in [-0.2, -0.15) is 0 Å². The summed E-state index contributed by atoms with van der Waals surface area (Å²) in [5, 5.41) is 3.30. The van der Waals surface area contributed by atoms with Crippen molar-refractivity contribution in [1.29, 1.82) is 0 Å². The average molecular weight is 239 g/mol. The van der Waals surface area contributed by atoms with Gasteiger partial charge < -0.3 is 5.32 Å². The van der Waals surface area contributed by atoms with Gasteiger partial charge in [-0.1, -0.05) is 48.5 Å². The Kier molecular flexibility index (Phi) is 4.53. The molecule has 2 aromatic carbocycles. The molecular weight excluding hydrogens is 222 g/mol. The minimum Gasteiger partial charge on any atom is -0.385 e.